The maximum atomic E-state index is 14.3. The molecule has 0 unspecified atom stereocenters. The van der Waals surface area contributed by atoms with E-state index in [1.165, 1.54) is 23.2 Å². The van der Waals surface area contributed by atoms with Gasteiger partial charge >= 0.3 is 12.3 Å². The van der Waals surface area contributed by atoms with Gasteiger partial charge in [-0.2, -0.15) is 18.2 Å². The van der Waals surface area contributed by atoms with Gasteiger partial charge in [0.25, 0.3) is 5.88 Å². The van der Waals surface area contributed by atoms with Crippen LogP contribution in [0.25, 0.3) is 33.6 Å². The Balaban J connectivity index is 1.02. The van der Waals surface area contributed by atoms with Crippen molar-refractivity contribution in [1.82, 2.24) is 29.9 Å². The number of likely N-dealkylation sites (tertiary alicyclic amines) is 1. The summed E-state index contributed by atoms with van der Waals surface area (Å²) in [5, 5.41) is 2.69. The molecule has 4 heterocycles. The number of halogens is 3. The van der Waals surface area contributed by atoms with Gasteiger partial charge in [0, 0.05) is 24.1 Å². The lowest BCUT2D eigenvalue weighted by Crippen LogP contribution is -2.53. The van der Waals surface area contributed by atoms with Gasteiger partial charge in [-0.05, 0) is 89.5 Å². The molecule has 4 N–H and O–H groups in total. The molecule has 5 atom stereocenters. The Morgan fingerprint density at radius 1 is 1.03 bits per heavy atom. The van der Waals surface area contributed by atoms with Gasteiger partial charge in [-0.25, -0.2) is 23.2 Å². The molecule has 332 valence electrons. The predicted octanol–water partition coefficient (Wildman–Crippen LogP) is 5.93. The summed E-state index contributed by atoms with van der Waals surface area (Å²) in [4.78, 5) is 67.0. The molecule has 3 fully saturated rings. The zero-order valence-electron chi connectivity index (χ0n) is 34.3. The number of fused-ring (bicyclic) bond motifs is 3. The van der Waals surface area contributed by atoms with Gasteiger partial charge in [0.15, 0.2) is 5.82 Å². The average Bonchev–Trinajstić information content (AvgIpc) is 4.12. The van der Waals surface area contributed by atoms with E-state index >= 15 is 0 Å². The van der Waals surface area contributed by atoms with Gasteiger partial charge in [-0.3, -0.25) is 19.1 Å². The molecule has 1 aliphatic heterocycles. The number of carbonyl (C=O) groups is 4. The van der Waals surface area contributed by atoms with E-state index in [1.807, 2.05) is 12.2 Å². The third kappa shape index (κ3) is 10.6. The van der Waals surface area contributed by atoms with Gasteiger partial charge in [0.2, 0.25) is 39.0 Å². The Kier molecular flexibility index (Phi) is 12.5. The number of carbonyl (C=O) groups excluding carboxylic acids is 4. The van der Waals surface area contributed by atoms with Crippen LogP contribution in [0.4, 0.5) is 18.0 Å². The van der Waals surface area contributed by atoms with E-state index in [0.717, 1.165) is 18.6 Å². The van der Waals surface area contributed by atoms with E-state index in [2.05, 4.69) is 25.0 Å². The molecule has 7 rings (SSSR count). The molecule has 0 spiro atoms. The summed E-state index contributed by atoms with van der Waals surface area (Å²) >= 11 is 0. The number of unbranched alkanes of at least 4 members (excludes halogenated alkanes) is 3. The summed E-state index contributed by atoms with van der Waals surface area (Å²) in [5.74, 6) is -2.30. The number of nitrogens with one attached hydrogen (secondary N) is 2. The molecule has 20 heteroatoms. The molecule has 4 amide bonds. The lowest BCUT2D eigenvalue weighted by molar-refractivity contribution is -0.139. The molecule has 3 aromatic heterocycles. The number of sulfonamides is 1. The topological polar surface area (TPSA) is 226 Å². The number of rotatable bonds is 16. The SMILES string of the molecule is CC(C)(C)OC(=O)N[C@@H](CCCCC/C=C\[C@@H]1C[C@@H]1C(=O)NS(=O)(=O)C1CC1)C(=O)N1C[C@H](Oc2nc(-c3ccc(C(F)(F)F)cc3)nc3c2oc2ncccc23)C[C@H]1C(N)=O. The number of alkyl carbamates (subject to hydrolysis) is 1. The summed E-state index contributed by atoms with van der Waals surface area (Å²) in [6.45, 7) is 4.90. The van der Waals surface area contributed by atoms with E-state index in [-0.39, 0.29) is 65.3 Å². The number of hydrogen-bond acceptors (Lipinski definition) is 12. The maximum Gasteiger partial charge on any atom is 0.416 e. The number of furan rings is 1. The molecule has 16 nitrogen and oxygen atoms in total. The highest BCUT2D eigenvalue weighted by atomic mass is 32.2. The monoisotopic (exact) mass is 883 g/mol. The van der Waals surface area contributed by atoms with Crippen molar-refractivity contribution < 1.29 is 54.7 Å². The van der Waals surface area contributed by atoms with Crippen molar-refractivity contribution in [3.05, 3.63) is 60.3 Å². The number of alkyl halides is 3. The third-order valence-electron chi connectivity index (χ3n) is 10.8. The fraction of sp³-hybridized carbons (Fsp3) is 0.500. The second kappa shape index (κ2) is 17.5. The first-order valence-corrected chi connectivity index (χ1v) is 22.0. The summed E-state index contributed by atoms with van der Waals surface area (Å²) in [6, 6.07) is 5.44. The Hall–Kier alpha value is -5.79. The van der Waals surface area contributed by atoms with Crippen LogP contribution < -0.4 is 20.5 Å². The van der Waals surface area contributed by atoms with E-state index in [0.29, 0.717) is 43.9 Å². The van der Waals surface area contributed by atoms with Crippen LogP contribution in [0.2, 0.25) is 0 Å². The fourth-order valence-electron chi connectivity index (χ4n) is 7.40. The number of hydrogen-bond donors (Lipinski definition) is 3. The number of primary amides is 1. The number of ether oxygens (including phenoxy) is 2. The summed E-state index contributed by atoms with van der Waals surface area (Å²) in [5.41, 5.74) is 4.94. The number of pyridine rings is 1. The van der Waals surface area contributed by atoms with Crippen molar-refractivity contribution in [2.45, 2.75) is 114 Å². The van der Waals surface area contributed by atoms with Crippen LogP contribution in [0.1, 0.15) is 84.1 Å². The third-order valence-corrected chi connectivity index (χ3v) is 12.6. The lowest BCUT2D eigenvalue weighted by Gasteiger charge is -2.28. The molecule has 2 saturated carbocycles. The molecule has 1 aromatic carbocycles. The smallest absolute Gasteiger partial charge is 0.416 e. The zero-order valence-corrected chi connectivity index (χ0v) is 35.1. The van der Waals surface area contributed by atoms with Crippen molar-refractivity contribution in [1.29, 1.82) is 0 Å². The summed E-state index contributed by atoms with van der Waals surface area (Å²) in [7, 11) is -3.58. The standard InChI is InChI=1S/C42H48F3N7O9S/c1-41(2,3)61-40(56)48-30(12-8-6-4-5-7-10-24-20-29(24)36(54)51-62(57,58)27-17-18-27)39(55)52-22-26(21-31(52)34(46)53)59-38-33-32(28-11-9-19-47-37(28)60-33)49-35(50-38)23-13-15-25(16-14-23)42(43,44)45/h7,9-11,13-16,19,24,26-27,29-31H,4-6,8,12,17-18,20-22H2,1-3H3,(H2,46,53)(H,48,56)(H,51,54)/b10-7-/t24-,26-,29+,30+,31+/m1/s1. The normalized spacial score (nSPS) is 21.0. The van der Waals surface area contributed by atoms with E-state index < -0.39 is 74.6 Å². The molecular formula is C42H48F3N7O9S. The van der Waals surface area contributed by atoms with Crippen LogP contribution >= 0.6 is 0 Å². The second-order valence-electron chi connectivity index (χ2n) is 16.9. The van der Waals surface area contributed by atoms with Crippen molar-refractivity contribution in [3.8, 4) is 17.3 Å². The number of allylic oxidation sites excluding steroid dienone is 2. The highest BCUT2D eigenvalue weighted by Gasteiger charge is 2.45. The highest BCUT2D eigenvalue weighted by molar-refractivity contribution is 7.90. The molecule has 0 bridgehead atoms. The van der Waals surface area contributed by atoms with Crippen molar-refractivity contribution in [2.24, 2.45) is 17.6 Å². The van der Waals surface area contributed by atoms with Gasteiger partial charge in [-0.1, -0.05) is 37.1 Å². The number of nitrogens with two attached hydrogens (primary N) is 1. The summed E-state index contributed by atoms with van der Waals surface area (Å²) in [6.07, 6.45) is 3.60. The number of nitrogens with zero attached hydrogens (tertiary/aromatic N) is 4. The van der Waals surface area contributed by atoms with Crippen LogP contribution in [0, 0.1) is 11.8 Å². The van der Waals surface area contributed by atoms with Gasteiger partial charge in [-0.15, -0.1) is 0 Å². The lowest BCUT2D eigenvalue weighted by atomic mass is 10.0. The first-order valence-electron chi connectivity index (χ1n) is 20.5. The molecule has 1 saturated heterocycles. The van der Waals surface area contributed by atoms with Crippen molar-refractivity contribution in [3.63, 3.8) is 0 Å². The van der Waals surface area contributed by atoms with Gasteiger partial charge in [0.1, 0.15) is 29.3 Å². The van der Waals surface area contributed by atoms with Crippen LogP contribution in [0.3, 0.4) is 0 Å². The Labute approximate surface area is 355 Å². The van der Waals surface area contributed by atoms with Crippen molar-refractivity contribution in [2.75, 3.05) is 6.54 Å². The first-order chi connectivity index (χ1) is 29.3. The Morgan fingerprint density at radius 3 is 2.45 bits per heavy atom. The summed E-state index contributed by atoms with van der Waals surface area (Å²) < 4.78 is 84.2. The minimum absolute atomic E-state index is 0.0203. The van der Waals surface area contributed by atoms with Crippen LogP contribution in [0.5, 0.6) is 5.88 Å². The minimum atomic E-state index is -4.55. The van der Waals surface area contributed by atoms with Crippen LogP contribution in [-0.4, -0.2) is 87.7 Å². The number of benzene rings is 1. The number of aromatic nitrogens is 3. The van der Waals surface area contributed by atoms with E-state index in [1.54, 1.807) is 32.9 Å². The Bertz CT molecular complexity index is 2480. The zero-order chi connectivity index (χ0) is 44.6. The average molecular weight is 884 g/mol. The molecule has 2 aliphatic carbocycles. The number of amides is 4. The van der Waals surface area contributed by atoms with Gasteiger partial charge < -0.3 is 29.8 Å². The predicted molar refractivity (Wildman–Crippen MR) is 218 cm³/mol. The minimum Gasteiger partial charge on any atom is -0.470 e. The largest absolute Gasteiger partial charge is 0.470 e. The quantitative estimate of drug-likeness (QED) is 0.0879. The van der Waals surface area contributed by atoms with Gasteiger partial charge in [0.05, 0.1) is 22.7 Å². The molecular weight excluding hydrogens is 836 g/mol. The highest BCUT2D eigenvalue weighted by Crippen LogP contribution is 2.41. The fourth-order valence-corrected chi connectivity index (χ4v) is 8.75. The van der Waals surface area contributed by atoms with Crippen LogP contribution in [0.15, 0.2) is 59.2 Å². The molecule has 3 aliphatic rings. The molecule has 62 heavy (non-hydrogen) atoms. The van der Waals surface area contributed by atoms with Crippen molar-refractivity contribution >= 4 is 56.0 Å². The Morgan fingerprint density at radius 2 is 1.77 bits per heavy atom. The van der Waals surface area contributed by atoms with Crippen LogP contribution in [-0.2, 0) is 35.3 Å². The first kappa shape index (κ1) is 44.3. The van der Waals surface area contributed by atoms with E-state index in [9.17, 15) is 40.8 Å². The molecule has 4 aromatic rings. The molecule has 0 radical (unpaired) electrons. The maximum absolute atomic E-state index is 14.3. The van der Waals surface area contributed by atoms with E-state index in [4.69, 9.17) is 19.6 Å². The second-order valence-corrected chi connectivity index (χ2v) is 18.9.